The Hall–Kier alpha value is -0.810. The van der Waals surface area contributed by atoms with Gasteiger partial charge in [0, 0.05) is 25.0 Å². The number of unbranched alkanes of at least 4 members (excludes halogenated alkanes) is 11. The molecule has 0 aliphatic heterocycles. The lowest BCUT2D eigenvalue weighted by atomic mass is 10.1. The number of hydrogen-bond acceptors (Lipinski definition) is 2. The van der Waals surface area contributed by atoms with Gasteiger partial charge >= 0.3 is 0 Å². The topological polar surface area (TPSA) is 21.6 Å². The fourth-order valence-electron chi connectivity index (χ4n) is 2.38. The van der Waals surface area contributed by atoms with E-state index in [0.29, 0.717) is 0 Å². The van der Waals surface area contributed by atoms with E-state index in [-0.39, 0.29) is 0 Å². The molecule has 0 atom stereocenters. The average molecular weight is 412 g/mol. The van der Waals surface area contributed by atoms with Gasteiger partial charge in [-0.3, -0.25) is 0 Å². The molecule has 0 aromatic carbocycles. The molecule has 2 nitrogen and oxygen atoms in total. The third-order valence-electron chi connectivity index (χ3n) is 4.03. The first-order valence-electron chi connectivity index (χ1n) is 12.6. The first kappa shape index (κ1) is 35.6. The minimum Gasteiger partial charge on any atom is -0.381 e. The highest BCUT2D eigenvalue weighted by molar-refractivity contribution is 5.79. The lowest BCUT2D eigenvalue weighted by Gasteiger charge is -2.04. The van der Waals surface area contributed by atoms with Crippen LogP contribution >= 0.6 is 0 Å². The molecule has 0 amide bonds. The molecule has 176 valence electrons. The van der Waals surface area contributed by atoms with Gasteiger partial charge in [0.2, 0.25) is 0 Å². The maximum atomic E-state index is 5.61. The Morgan fingerprint density at radius 1 is 0.621 bits per heavy atom. The predicted octanol–water partition coefficient (Wildman–Crippen LogP) is 9.61. The summed E-state index contributed by atoms with van der Waals surface area (Å²) in [6.45, 7) is 18.6. The molecule has 0 bridgehead atoms. The Morgan fingerprint density at radius 2 is 0.966 bits per heavy atom. The van der Waals surface area contributed by atoms with Crippen molar-refractivity contribution in [2.24, 2.45) is 4.99 Å². The number of hydrogen-bond donors (Lipinski definition) is 0. The highest BCUT2D eigenvalue weighted by Crippen LogP contribution is 2.07. The molecule has 29 heavy (non-hydrogen) atoms. The monoisotopic (exact) mass is 411 g/mol. The maximum Gasteiger partial charge on any atom is 0.0466 e. The summed E-state index contributed by atoms with van der Waals surface area (Å²) in [4.78, 5) is 3.57. The highest BCUT2D eigenvalue weighted by atomic mass is 16.5. The molecule has 0 rings (SSSR count). The third kappa shape index (κ3) is 58.4. The molecule has 0 fully saturated rings. The van der Waals surface area contributed by atoms with Crippen molar-refractivity contribution in [3.05, 3.63) is 0 Å². The van der Waals surface area contributed by atoms with Gasteiger partial charge in [-0.1, -0.05) is 125 Å². The van der Waals surface area contributed by atoms with E-state index >= 15 is 0 Å². The summed E-state index contributed by atoms with van der Waals surface area (Å²) in [6, 6.07) is 2.16. The smallest absolute Gasteiger partial charge is 0.0466 e. The van der Waals surface area contributed by atoms with E-state index in [2.05, 4.69) is 38.7 Å². The normalized spacial score (nSPS) is 8.93. The second-order valence-corrected chi connectivity index (χ2v) is 7.34. The van der Waals surface area contributed by atoms with E-state index in [1.165, 1.54) is 89.9 Å². The SMILES string of the molecule is C#CN=C(C)C.CC.CCCCC.CCCCCCCCCOCCCCCC. The number of rotatable bonds is 15. The van der Waals surface area contributed by atoms with Crippen molar-refractivity contribution < 1.29 is 4.74 Å². The minimum atomic E-state index is 0.928. The summed E-state index contributed by atoms with van der Waals surface area (Å²) in [5.74, 6) is 0. The summed E-state index contributed by atoms with van der Waals surface area (Å²) >= 11 is 0. The van der Waals surface area contributed by atoms with Gasteiger partial charge in [0.25, 0.3) is 0 Å². The molecule has 0 aromatic heterocycles. The molecule has 0 radical (unpaired) electrons. The second kappa shape index (κ2) is 41.5. The number of ether oxygens (including phenoxy) is 1. The van der Waals surface area contributed by atoms with E-state index < -0.39 is 0 Å². The Balaban J connectivity index is -0.000000197. The van der Waals surface area contributed by atoms with Crippen LogP contribution in [-0.2, 0) is 4.74 Å². The van der Waals surface area contributed by atoms with Crippen molar-refractivity contribution in [3.63, 3.8) is 0 Å². The van der Waals surface area contributed by atoms with Gasteiger partial charge in [-0.25, -0.2) is 4.99 Å². The van der Waals surface area contributed by atoms with E-state index in [1.807, 2.05) is 27.7 Å². The van der Waals surface area contributed by atoms with E-state index in [0.717, 1.165) is 18.9 Å². The molecular weight excluding hydrogens is 354 g/mol. The molecule has 0 aliphatic rings. The molecule has 0 unspecified atom stereocenters. The van der Waals surface area contributed by atoms with Gasteiger partial charge in [-0.05, 0) is 26.7 Å². The van der Waals surface area contributed by atoms with Crippen LogP contribution < -0.4 is 0 Å². The Bertz CT molecular complexity index is 284. The third-order valence-corrected chi connectivity index (χ3v) is 4.03. The van der Waals surface area contributed by atoms with Crippen molar-refractivity contribution >= 4 is 5.71 Å². The molecular formula is C27H57NO. The van der Waals surface area contributed by atoms with Crippen LogP contribution in [0.1, 0.15) is 145 Å². The van der Waals surface area contributed by atoms with Crippen LogP contribution in [0.5, 0.6) is 0 Å². The van der Waals surface area contributed by atoms with Gasteiger partial charge in [0.05, 0.1) is 0 Å². The zero-order valence-electron chi connectivity index (χ0n) is 21.7. The summed E-state index contributed by atoms with van der Waals surface area (Å²) in [5.41, 5.74) is 0.928. The van der Waals surface area contributed by atoms with Crippen molar-refractivity contribution in [1.82, 2.24) is 0 Å². The predicted molar refractivity (Wildman–Crippen MR) is 137 cm³/mol. The van der Waals surface area contributed by atoms with Gasteiger partial charge in [0.1, 0.15) is 0 Å². The van der Waals surface area contributed by atoms with Crippen molar-refractivity contribution in [2.45, 2.75) is 145 Å². The molecule has 0 spiro atoms. The van der Waals surface area contributed by atoms with Gasteiger partial charge in [-0.2, -0.15) is 0 Å². The van der Waals surface area contributed by atoms with Crippen LogP contribution in [-0.4, -0.2) is 18.9 Å². The van der Waals surface area contributed by atoms with Crippen LogP contribution in [0.2, 0.25) is 0 Å². The average Bonchev–Trinajstić information content (AvgIpc) is 2.72. The van der Waals surface area contributed by atoms with Gasteiger partial charge in [0.15, 0.2) is 0 Å². The van der Waals surface area contributed by atoms with Crippen molar-refractivity contribution in [3.8, 4) is 12.5 Å². The lowest BCUT2D eigenvalue weighted by molar-refractivity contribution is 0.125. The van der Waals surface area contributed by atoms with E-state index in [4.69, 9.17) is 11.2 Å². The first-order chi connectivity index (χ1) is 14.1. The Labute approximate surface area is 186 Å². The van der Waals surface area contributed by atoms with Crippen LogP contribution in [0, 0.1) is 12.5 Å². The summed E-state index contributed by atoms with van der Waals surface area (Å²) < 4.78 is 5.61. The minimum absolute atomic E-state index is 0.928. The molecule has 2 heteroatoms. The zero-order valence-corrected chi connectivity index (χ0v) is 21.7. The van der Waals surface area contributed by atoms with E-state index in [1.54, 1.807) is 0 Å². The molecule has 0 N–H and O–H groups in total. The fraction of sp³-hybridized carbons (Fsp3) is 0.889. The molecule has 0 saturated heterocycles. The van der Waals surface area contributed by atoms with E-state index in [9.17, 15) is 0 Å². The summed E-state index contributed by atoms with van der Waals surface area (Å²) in [6.07, 6.45) is 23.8. The fourth-order valence-corrected chi connectivity index (χ4v) is 2.38. The summed E-state index contributed by atoms with van der Waals surface area (Å²) in [7, 11) is 0. The first-order valence-corrected chi connectivity index (χ1v) is 12.6. The Kier molecular flexibility index (Phi) is 51.0. The van der Waals surface area contributed by atoms with Crippen LogP contribution in [0.3, 0.4) is 0 Å². The number of nitrogens with zero attached hydrogens (tertiary/aromatic N) is 1. The van der Waals surface area contributed by atoms with Crippen molar-refractivity contribution in [2.75, 3.05) is 13.2 Å². The van der Waals surface area contributed by atoms with Crippen LogP contribution in [0.4, 0.5) is 0 Å². The molecule has 0 aliphatic carbocycles. The number of aliphatic imine (C=N–C) groups is 1. The van der Waals surface area contributed by atoms with Crippen LogP contribution in [0.15, 0.2) is 4.99 Å². The lowest BCUT2D eigenvalue weighted by Crippen LogP contribution is -1.97. The molecule has 0 saturated carbocycles. The molecule has 0 heterocycles. The van der Waals surface area contributed by atoms with Gasteiger partial charge in [-0.15, -0.1) is 0 Å². The largest absolute Gasteiger partial charge is 0.381 e. The number of terminal acetylenes is 1. The van der Waals surface area contributed by atoms with Crippen molar-refractivity contribution in [1.29, 1.82) is 0 Å². The second-order valence-electron chi connectivity index (χ2n) is 7.34. The highest BCUT2D eigenvalue weighted by Gasteiger charge is 1.92. The Morgan fingerprint density at radius 3 is 1.24 bits per heavy atom. The zero-order chi connectivity index (χ0) is 23.0. The standard InChI is InChI=1S/C15H32O.C5H7N.C5H12.C2H6/c1-3-5-7-9-10-11-13-15-16-14-12-8-6-4-2;1-4-6-5(2)3;1-3-5-4-2;1-2/h3-15H2,1-2H3;1H,2-3H3;3-5H2,1-2H3;1-2H3. The summed E-state index contributed by atoms with van der Waals surface area (Å²) in [5, 5.41) is 0. The van der Waals surface area contributed by atoms with Gasteiger partial charge < -0.3 is 4.74 Å². The quantitative estimate of drug-likeness (QED) is 0.149. The maximum absolute atomic E-state index is 5.61. The molecule has 0 aromatic rings. The van der Waals surface area contributed by atoms with Crippen LogP contribution in [0.25, 0.3) is 0 Å².